The predicted molar refractivity (Wildman–Crippen MR) is 147 cm³/mol. The van der Waals surface area contributed by atoms with Gasteiger partial charge in [0.2, 0.25) is 11.8 Å². The molecule has 37 heavy (non-hydrogen) atoms. The van der Waals surface area contributed by atoms with Gasteiger partial charge in [0.15, 0.2) is 0 Å². The van der Waals surface area contributed by atoms with Crippen molar-refractivity contribution in [2.75, 3.05) is 17.9 Å². The molecule has 2 amide bonds. The molecule has 0 aliphatic rings. The number of sulfonamides is 1. The van der Waals surface area contributed by atoms with Crippen molar-refractivity contribution in [3.63, 3.8) is 0 Å². The van der Waals surface area contributed by atoms with E-state index in [4.69, 9.17) is 0 Å². The van der Waals surface area contributed by atoms with Gasteiger partial charge < -0.3 is 10.2 Å². The molecule has 0 aliphatic heterocycles. The summed E-state index contributed by atoms with van der Waals surface area (Å²) in [4.78, 5) is 28.3. The fourth-order valence-corrected chi connectivity index (χ4v) is 5.91. The molecule has 3 aromatic carbocycles. The van der Waals surface area contributed by atoms with Crippen molar-refractivity contribution < 1.29 is 18.0 Å². The molecule has 3 rings (SSSR count). The quantitative estimate of drug-likeness (QED) is 0.430. The number of benzene rings is 3. The van der Waals surface area contributed by atoms with Crippen LogP contribution in [0.2, 0.25) is 0 Å². The third kappa shape index (κ3) is 6.57. The lowest BCUT2D eigenvalue weighted by atomic mass is 10.1. The molecule has 3 aromatic rings. The summed E-state index contributed by atoms with van der Waals surface area (Å²) in [6.07, 6.45) is 0.381. The van der Waals surface area contributed by atoms with Crippen molar-refractivity contribution in [2.24, 2.45) is 0 Å². The number of aryl methyl sites for hydroxylation is 3. The zero-order chi connectivity index (χ0) is 27.2. The molecule has 0 fully saturated rings. The van der Waals surface area contributed by atoms with Gasteiger partial charge in [0.25, 0.3) is 10.0 Å². The topological polar surface area (TPSA) is 86.8 Å². The van der Waals surface area contributed by atoms with Gasteiger partial charge >= 0.3 is 0 Å². The summed E-state index contributed by atoms with van der Waals surface area (Å²) in [7, 11) is -2.54. The van der Waals surface area contributed by atoms with Crippen LogP contribution < -0.4 is 9.62 Å². The number of nitrogens with zero attached hydrogens (tertiary/aromatic N) is 2. The summed E-state index contributed by atoms with van der Waals surface area (Å²) in [5.41, 5.74) is 4.03. The van der Waals surface area contributed by atoms with E-state index in [0.29, 0.717) is 12.1 Å². The Morgan fingerprint density at radius 3 is 2.16 bits per heavy atom. The lowest BCUT2D eigenvalue weighted by Gasteiger charge is -2.33. The first-order valence-electron chi connectivity index (χ1n) is 12.3. The van der Waals surface area contributed by atoms with Crippen LogP contribution in [-0.2, 0) is 26.2 Å². The molecule has 0 heterocycles. The Morgan fingerprint density at radius 1 is 0.892 bits per heavy atom. The molecule has 0 saturated heterocycles. The number of anilines is 1. The van der Waals surface area contributed by atoms with Crippen LogP contribution in [0, 0.1) is 20.8 Å². The van der Waals surface area contributed by atoms with Crippen molar-refractivity contribution in [1.29, 1.82) is 0 Å². The van der Waals surface area contributed by atoms with E-state index < -0.39 is 28.5 Å². The molecule has 0 aromatic heterocycles. The monoisotopic (exact) mass is 521 g/mol. The maximum Gasteiger partial charge on any atom is 0.264 e. The second-order valence-electron chi connectivity index (χ2n) is 9.16. The number of nitrogens with one attached hydrogen (secondary N) is 1. The first-order valence-corrected chi connectivity index (χ1v) is 13.7. The average molecular weight is 522 g/mol. The number of carbonyl (C=O) groups excluding carboxylic acids is 2. The van der Waals surface area contributed by atoms with Crippen LogP contribution in [0.5, 0.6) is 0 Å². The highest BCUT2D eigenvalue weighted by Crippen LogP contribution is 2.28. The van der Waals surface area contributed by atoms with Gasteiger partial charge in [0, 0.05) is 13.6 Å². The Balaban J connectivity index is 2.09. The first-order chi connectivity index (χ1) is 17.6. The summed E-state index contributed by atoms with van der Waals surface area (Å²) in [5, 5.41) is 2.64. The molecule has 8 heteroatoms. The Bertz CT molecular complexity index is 1360. The van der Waals surface area contributed by atoms with Crippen LogP contribution in [-0.4, -0.2) is 44.8 Å². The van der Waals surface area contributed by atoms with E-state index in [1.165, 1.54) is 24.1 Å². The molecular weight excluding hydrogens is 486 g/mol. The van der Waals surface area contributed by atoms with Crippen molar-refractivity contribution in [3.8, 4) is 0 Å². The van der Waals surface area contributed by atoms with Crippen molar-refractivity contribution in [3.05, 3.63) is 95.1 Å². The highest BCUT2D eigenvalue weighted by atomic mass is 32.2. The van der Waals surface area contributed by atoms with E-state index in [0.717, 1.165) is 26.6 Å². The summed E-state index contributed by atoms with van der Waals surface area (Å²) in [6, 6.07) is 20.5. The number of hydrogen-bond acceptors (Lipinski definition) is 4. The Kier molecular flexibility index (Phi) is 9.10. The Morgan fingerprint density at radius 2 is 1.57 bits per heavy atom. The second kappa shape index (κ2) is 12.1. The number of hydrogen-bond donors (Lipinski definition) is 1. The number of rotatable bonds is 10. The van der Waals surface area contributed by atoms with E-state index in [1.807, 2.05) is 64.1 Å². The van der Waals surface area contributed by atoms with E-state index in [2.05, 4.69) is 5.32 Å². The zero-order valence-electron chi connectivity index (χ0n) is 22.1. The fourth-order valence-electron chi connectivity index (χ4n) is 4.41. The van der Waals surface area contributed by atoms with Gasteiger partial charge in [-0.15, -0.1) is 0 Å². The molecule has 0 spiro atoms. The fraction of sp³-hybridized carbons (Fsp3) is 0.310. The van der Waals surface area contributed by atoms with E-state index in [-0.39, 0.29) is 17.3 Å². The third-order valence-electron chi connectivity index (χ3n) is 6.30. The summed E-state index contributed by atoms with van der Waals surface area (Å²) in [6.45, 7) is 7.28. The number of amides is 2. The maximum absolute atomic E-state index is 13.9. The van der Waals surface area contributed by atoms with Crippen molar-refractivity contribution in [2.45, 2.75) is 51.6 Å². The zero-order valence-corrected chi connectivity index (χ0v) is 22.9. The molecule has 0 saturated carbocycles. The molecule has 0 bridgehead atoms. The number of likely N-dealkylation sites (N-methyl/N-ethyl adjacent to an activating group) is 1. The summed E-state index contributed by atoms with van der Waals surface area (Å²) >= 11 is 0. The van der Waals surface area contributed by atoms with Gasteiger partial charge in [0.1, 0.15) is 12.6 Å². The van der Waals surface area contributed by atoms with Gasteiger partial charge in [-0.2, -0.15) is 0 Å². The minimum Gasteiger partial charge on any atom is -0.357 e. The highest BCUT2D eigenvalue weighted by Gasteiger charge is 2.33. The van der Waals surface area contributed by atoms with Crippen LogP contribution in [0.25, 0.3) is 0 Å². The van der Waals surface area contributed by atoms with E-state index >= 15 is 0 Å². The first kappa shape index (κ1) is 27.9. The van der Waals surface area contributed by atoms with Gasteiger partial charge in [-0.05, 0) is 56.5 Å². The number of carbonyl (C=O) groups is 2. The molecule has 1 atom stereocenters. The minimum absolute atomic E-state index is 0.0892. The lowest BCUT2D eigenvalue weighted by Crippen LogP contribution is -2.51. The smallest absolute Gasteiger partial charge is 0.264 e. The van der Waals surface area contributed by atoms with E-state index in [9.17, 15) is 18.0 Å². The Labute approximate surface area is 220 Å². The summed E-state index contributed by atoms with van der Waals surface area (Å²) in [5.74, 6) is -0.760. The van der Waals surface area contributed by atoms with Gasteiger partial charge in [-0.3, -0.25) is 13.9 Å². The molecule has 7 nitrogen and oxygen atoms in total. The highest BCUT2D eigenvalue weighted by molar-refractivity contribution is 7.92. The molecule has 0 radical (unpaired) electrons. The van der Waals surface area contributed by atoms with Crippen LogP contribution >= 0.6 is 0 Å². The van der Waals surface area contributed by atoms with Crippen molar-refractivity contribution >= 4 is 27.5 Å². The van der Waals surface area contributed by atoms with Gasteiger partial charge in [-0.1, -0.05) is 72.6 Å². The van der Waals surface area contributed by atoms with E-state index in [1.54, 1.807) is 24.3 Å². The van der Waals surface area contributed by atoms with Crippen LogP contribution in [0.15, 0.2) is 77.7 Å². The van der Waals surface area contributed by atoms with Crippen LogP contribution in [0.4, 0.5) is 5.69 Å². The molecule has 1 unspecified atom stereocenters. The summed E-state index contributed by atoms with van der Waals surface area (Å²) < 4.78 is 28.8. The molecule has 196 valence electrons. The van der Waals surface area contributed by atoms with Crippen LogP contribution in [0.3, 0.4) is 0 Å². The minimum atomic E-state index is -4.07. The van der Waals surface area contributed by atoms with Crippen molar-refractivity contribution in [1.82, 2.24) is 10.2 Å². The molecular formula is C29H35N3O4S. The maximum atomic E-state index is 13.9. The normalized spacial score (nSPS) is 12.0. The molecule has 0 aliphatic carbocycles. The Hall–Kier alpha value is -3.65. The van der Waals surface area contributed by atoms with Gasteiger partial charge in [-0.25, -0.2) is 8.42 Å². The average Bonchev–Trinajstić information content (AvgIpc) is 2.87. The SMILES string of the molecule is CCC(C(=O)NC)N(Cc1cccc(C)c1)C(=O)CN(c1ccc(C)cc1C)S(=O)(=O)c1ccccc1. The second-order valence-corrected chi connectivity index (χ2v) is 11.0. The van der Waals surface area contributed by atoms with Crippen LogP contribution in [0.1, 0.15) is 35.6 Å². The predicted octanol–water partition coefficient (Wildman–Crippen LogP) is 4.36. The lowest BCUT2D eigenvalue weighted by molar-refractivity contribution is -0.140. The molecule has 1 N–H and O–H groups in total. The third-order valence-corrected chi connectivity index (χ3v) is 8.07. The van der Waals surface area contributed by atoms with Gasteiger partial charge in [0.05, 0.1) is 10.6 Å². The largest absolute Gasteiger partial charge is 0.357 e. The standard InChI is InChI=1S/C29H35N3O4S/c1-6-26(29(34)30-5)31(19-24-12-10-11-21(2)18-24)28(33)20-32(27-16-15-22(3)17-23(27)4)37(35,36)25-13-8-7-9-14-25/h7-18,26H,6,19-20H2,1-5H3,(H,30,34).